The SMILES string of the molecule is Cn1cncc1C1CC(NC2CCCC2Cc2ccccc2)CCO1. The summed E-state index contributed by atoms with van der Waals surface area (Å²) >= 11 is 0. The van der Waals surface area contributed by atoms with Crippen LogP contribution in [0, 0.1) is 5.92 Å². The van der Waals surface area contributed by atoms with Gasteiger partial charge in [0.1, 0.15) is 6.10 Å². The van der Waals surface area contributed by atoms with E-state index in [1.54, 1.807) is 0 Å². The van der Waals surface area contributed by atoms with Crippen LogP contribution >= 0.6 is 0 Å². The van der Waals surface area contributed by atoms with Gasteiger partial charge < -0.3 is 14.6 Å². The van der Waals surface area contributed by atoms with Gasteiger partial charge in [0.15, 0.2) is 0 Å². The number of aromatic nitrogens is 2. The molecule has 0 bridgehead atoms. The highest BCUT2D eigenvalue weighted by molar-refractivity contribution is 5.16. The van der Waals surface area contributed by atoms with Gasteiger partial charge in [-0.05, 0) is 43.6 Å². The fourth-order valence-corrected chi connectivity index (χ4v) is 4.55. The maximum atomic E-state index is 6.02. The quantitative estimate of drug-likeness (QED) is 0.904. The van der Waals surface area contributed by atoms with E-state index < -0.39 is 0 Å². The molecule has 0 amide bonds. The molecule has 4 nitrogen and oxygen atoms in total. The molecule has 0 spiro atoms. The minimum Gasteiger partial charge on any atom is -0.372 e. The molecule has 1 aromatic carbocycles. The summed E-state index contributed by atoms with van der Waals surface area (Å²) in [6, 6.07) is 12.2. The lowest BCUT2D eigenvalue weighted by atomic mass is 9.92. The Labute approximate surface area is 150 Å². The van der Waals surface area contributed by atoms with Gasteiger partial charge >= 0.3 is 0 Å². The highest BCUT2D eigenvalue weighted by Crippen LogP contribution is 2.32. The Hall–Kier alpha value is -1.65. The van der Waals surface area contributed by atoms with Crippen LogP contribution in [0.15, 0.2) is 42.9 Å². The van der Waals surface area contributed by atoms with E-state index in [0.717, 1.165) is 25.4 Å². The van der Waals surface area contributed by atoms with Crippen LogP contribution in [0.4, 0.5) is 0 Å². The van der Waals surface area contributed by atoms with E-state index in [0.29, 0.717) is 12.1 Å². The summed E-state index contributed by atoms with van der Waals surface area (Å²) in [7, 11) is 2.05. The number of rotatable bonds is 5. The lowest BCUT2D eigenvalue weighted by Gasteiger charge is -2.34. The maximum absolute atomic E-state index is 6.02. The van der Waals surface area contributed by atoms with Gasteiger partial charge in [-0.3, -0.25) is 0 Å². The number of imidazole rings is 1. The van der Waals surface area contributed by atoms with E-state index in [9.17, 15) is 0 Å². The van der Waals surface area contributed by atoms with Crippen molar-refractivity contribution in [3.63, 3.8) is 0 Å². The molecule has 4 atom stereocenters. The molecule has 1 saturated heterocycles. The summed E-state index contributed by atoms with van der Waals surface area (Å²) in [6.45, 7) is 0.837. The van der Waals surface area contributed by atoms with E-state index >= 15 is 0 Å². The lowest BCUT2D eigenvalue weighted by molar-refractivity contribution is -0.00645. The first kappa shape index (κ1) is 16.8. The van der Waals surface area contributed by atoms with Gasteiger partial charge in [0.05, 0.1) is 18.2 Å². The Balaban J connectivity index is 1.36. The monoisotopic (exact) mass is 339 g/mol. The van der Waals surface area contributed by atoms with Crippen molar-refractivity contribution in [1.29, 1.82) is 0 Å². The summed E-state index contributed by atoms with van der Waals surface area (Å²) in [5, 5.41) is 3.99. The van der Waals surface area contributed by atoms with Gasteiger partial charge in [0, 0.05) is 25.7 Å². The van der Waals surface area contributed by atoms with E-state index in [-0.39, 0.29) is 6.10 Å². The van der Waals surface area contributed by atoms with Crippen molar-refractivity contribution in [2.24, 2.45) is 13.0 Å². The predicted molar refractivity (Wildman–Crippen MR) is 99.3 cm³/mol. The minimum absolute atomic E-state index is 0.174. The van der Waals surface area contributed by atoms with Crippen molar-refractivity contribution in [3.8, 4) is 0 Å². The Bertz CT molecular complexity index is 669. The first-order valence-electron chi connectivity index (χ1n) is 9.67. The smallest absolute Gasteiger partial charge is 0.100 e. The Morgan fingerprint density at radius 3 is 2.88 bits per heavy atom. The Morgan fingerprint density at radius 1 is 1.20 bits per heavy atom. The largest absolute Gasteiger partial charge is 0.372 e. The predicted octanol–water partition coefficient (Wildman–Crippen LogP) is 3.64. The van der Waals surface area contributed by atoms with Crippen LogP contribution in [0.1, 0.15) is 49.5 Å². The molecular weight excluding hydrogens is 310 g/mol. The van der Waals surface area contributed by atoms with E-state index in [2.05, 4.69) is 52.2 Å². The van der Waals surface area contributed by atoms with Crippen molar-refractivity contribution in [2.45, 2.75) is 56.7 Å². The van der Waals surface area contributed by atoms with E-state index in [1.165, 1.54) is 36.9 Å². The average Bonchev–Trinajstić information content (AvgIpc) is 3.25. The van der Waals surface area contributed by atoms with Gasteiger partial charge in [-0.2, -0.15) is 0 Å². The van der Waals surface area contributed by atoms with Crippen LogP contribution < -0.4 is 5.32 Å². The van der Waals surface area contributed by atoms with Gasteiger partial charge in [-0.15, -0.1) is 0 Å². The number of nitrogens with zero attached hydrogens (tertiary/aromatic N) is 2. The summed E-state index contributed by atoms with van der Waals surface area (Å²) in [5.41, 5.74) is 2.67. The summed E-state index contributed by atoms with van der Waals surface area (Å²) in [5.74, 6) is 0.764. The average molecular weight is 339 g/mol. The van der Waals surface area contributed by atoms with Crippen molar-refractivity contribution in [1.82, 2.24) is 14.9 Å². The molecule has 134 valence electrons. The summed E-state index contributed by atoms with van der Waals surface area (Å²) < 4.78 is 8.10. The second-order valence-corrected chi connectivity index (χ2v) is 7.66. The Kier molecular flexibility index (Phi) is 5.18. The second-order valence-electron chi connectivity index (χ2n) is 7.66. The van der Waals surface area contributed by atoms with Gasteiger partial charge in [-0.25, -0.2) is 4.98 Å². The Morgan fingerprint density at radius 2 is 2.08 bits per heavy atom. The molecule has 4 unspecified atom stereocenters. The minimum atomic E-state index is 0.174. The van der Waals surface area contributed by atoms with Crippen LogP contribution in [0.3, 0.4) is 0 Å². The number of nitrogens with one attached hydrogen (secondary N) is 1. The van der Waals surface area contributed by atoms with Crippen LogP contribution in [0.2, 0.25) is 0 Å². The third-order valence-electron chi connectivity index (χ3n) is 5.92. The fraction of sp³-hybridized carbons (Fsp3) is 0.571. The van der Waals surface area contributed by atoms with Crippen LogP contribution in [-0.4, -0.2) is 28.2 Å². The molecule has 4 rings (SSSR count). The van der Waals surface area contributed by atoms with E-state index in [4.69, 9.17) is 4.74 Å². The lowest BCUT2D eigenvalue weighted by Crippen LogP contribution is -2.44. The number of hydrogen-bond acceptors (Lipinski definition) is 3. The van der Waals surface area contributed by atoms with Crippen LogP contribution in [0.5, 0.6) is 0 Å². The zero-order valence-electron chi connectivity index (χ0n) is 15.1. The fourth-order valence-electron chi connectivity index (χ4n) is 4.55. The highest BCUT2D eigenvalue weighted by Gasteiger charge is 2.32. The topological polar surface area (TPSA) is 39.1 Å². The molecule has 1 saturated carbocycles. The summed E-state index contributed by atoms with van der Waals surface area (Å²) in [6.07, 6.45) is 11.4. The molecule has 2 aromatic rings. The van der Waals surface area contributed by atoms with Crippen molar-refractivity contribution in [3.05, 3.63) is 54.1 Å². The summed E-state index contributed by atoms with van der Waals surface area (Å²) in [4.78, 5) is 4.25. The van der Waals surface area contributed by atoms with Crippen molar-refractivity contribution >= 4 is 0 Å². The number of hydrogen-bond donors (Lipinski definition) is 1. The number of ether oxygens (including phenoxy) is 1. The van der Waals surface area contributed by atoms with Gasteiger partial charge in [0.25, 0.3) is 0 Å². The number of benzene rings is 1. The highest BCUT2D eigenvalue weighted by atomic mass is 16.5. The normalized spacial score (nSPS) is 29.8. The van der Waals surface area contributed by atoms with Gasteiger partial charge in [0.2, 0.25) is 0 Å². The van der Waals surface area contributed by atoms with Crippen molar-refractivity contribution in [2.75, 3.05) is 6.61 Å². The van der Waals surface area contributed by atoms with E-state index in [1.807, 2.05) is 12.5 Å². The molecule has 2 heterocycles. The molecule has 2 fully saturated rings. The molecule has 2 aliphatic rings. The first-order chi connectivity index (χ1) is 12.3. The second kappa shape index (κ2) is 7.71. The molecule has 0 radical (unpaired) electrons. The first-order valence-corrected chi connectivity index (χ1v) is 9.67. The molecule has 4 heteroatoms. The number of aryl methyl sites for hydroxylation is 1. The standard InChI is InChI=1S/C21H29N3O/c1-24-15-22-14-20(24)21-13-18(10-11-25-21)23-19-9-5-8-17(19)12-16-6-3-2-4-7-16/h2-4,6-7,14-15,17-19,21,23H,5,8-13H2,1H3. The van der Waals surface area contributed by atoms with Crippen LogP contribution in [-0.2, 0) is 18.2 Å². The third-order valence-corrected chi connectivity index (χ3v) is 5.92. The molecular formula is C21H29N3O. The molecule has 1 aromatic heterocycles. The van der Waals surface area contributed by atoms with Gasteiger partial charge in [-0.1, -0.05) is 36.8 Å². The molecule has 1 aliphatic carbocycles. The molecule has 25 heavy (non-hydrogen) atoms. The zero-order chi connectivity index (χ0) is 17.1. The third kappa shape index (κ3) is 3.96. The molecule has 1 N–H and O–H groups in total. The van der Waals surface area contributed by atoms with Crippen molar-refractivity contribution < 1.29 is 4.74 Å². The molecule has 1 aliphatic heterocycles. The zero-order valence-corrected chi connectivity index (χ0v) is 15.1. The van der Waals surface area contributed by atoms with Crippen LogP contribution in [0.25, 0.3) is 0 Å². The maximum Gasteiger partial charge on any atom is 0.100 e.